The first-order valence-electron chi connectivity index (χ1n) is 12.1. The SMILES string of the molecule is COc1ccc([NH2+]C2=C(C(=N)C(F)(F)F)CCCN(c3ccc(-n4cnc5ccccc54)cc3F)C2=O)cc1. The van der Waals surface area contributed by atoms with Gasteiger partial charge in [-0.25, -0.2) is 9.37 Å². The fourth-order valence-corrected chi connectivity index (χ4v) is 4.63. The summed E-state index contributed by atoms with van der Waals surface area (Å²) in [5, 5.41) is 9.10. The smallest absolute Gasteiger partial charge is 0.433 e. The van der Waals surface area contributed by atoms with Gasteiger partial charge in [0, 0.05) is 30.3 Å². The molecular formula is C28H24F4N5O2+. The predicted molar refractivity (Wildman–Crippen MR) is 138 cm³/mol. The van der Waals surface area contributed by atoms with E-state index in [0.717, 1.165) is 15.9 Å². The number of para-hydroxylation sites is 2. The highest BCUT2D eigenvalue weighted by Gasteiger charge is 2.42. The molecule has 0 saturated heterocycles. The maximum atomic E-state index is 15.5. The molecule has 0 aliphatic carbocycles. The standard InChI is InChI=1S/C28H23F4N5O2/c1-39-19-11-8-17(9-12-19)35-25-20(26(33)28(30,31)32)5-4-14-36(27(25)38)23-13-10-18(15-21(23)29)37-16-34-22-6-2-3-7-24(22)37/h2-3,6-13,15-16,33,35H,4-5,14H2,1H3/p+1. The van der Waals surface area contributed by atoms with Crippen LogP contribution in [0.1, 0.15) is 12.8 Å². The summed E-state index contributed by atoms with van der Waals surface area (Å²) in [6.07, 6.45) is -3.42. The maximum absolute atomic E-state index is 15.5. The number of nitrogens with one attached hydrogen (secondary N) is 1. The largest absolute Gasteiger partial charge is 0.497 e. The van der Waals surface area contributed by atoms with Crippen LogP contribution in [0.15, 0.2) is 84.3 Å². The number of halogens is 4. The molecule has 0 bridgehead atoms. The third-order valence-electron chi connectivity index (χ3n) is 6.58. The van der Waals surface area contributed by atoms with Crippen LogP contribution < -0.4 is 15.0 Å². The molecule has 0 radical (unpaired) electrons. The number of allylic oxidation sites excluding steroid dienone is 1. The number of amides is 1. The van der Waals surface area contributed by atoms with Gasteiger partial charge in [-0.05, 0) is 49.2 Å². The lowest BCUT2D eigenvalue weighted by Crippen LogP contribution is -2.79. The second kappa shape index (κ2) is 10.3. The summed E-state index contributed by atoms with van der Waals surface area (Å²) in [5.74, 6) is -0.991. The van der Waals surface area contributed by atoms with Crippen LogP contribution >= 0.6 is 0 Å². The minimum Gasteiger partial charge on any atom is -0.497 e. The van der Waals surface area contributed by atoms with Crippen LogP contribution in [-0.2, 0) is 4.79 Å². The van der Waals surface area contributed by atoms with E-state index in [1.54, 1.807) is 41.2 Å². The van der Waals surface area contributed by atoms with Gasteiger partial charge in [0.05, 0.1) is 29.5 Å². The molecule has 1 aromatic heterocycles. The first-order chi connectivity index (χ1) is 18.7. The number of rotatable bonds is 6. The molecule has 0 fully saturated rings. The molecule has 0 saturated carbocycles. The van der Waals surface area contributed by atoms with Crippen LogP contribution in [0.4, 0.5) is 28.9 Å². The number of anilines is 1. The Labute approximate surface area is 220 Å². The van der Waals surface area contributed by atoms with Gasteiger partial charge in [-0.15, -0.1) is 0 Å². The lowest BCUT2D eigenvalue weighted by Gasteiger charge is -2.22. The lowest BCUT2D eigenvalue weighted by atomic mass is 10.0. The number of aromatic nitrogens is 2. The van der Waals surface area contributed by atoms with Crippen molar-refractivity contribution in [2.45, 2.75) is 19.0 Å². The summed E-state index contributed by atoms with van der Waals surface area (Å²) < 4.78 is 63.1. The number of methoxy groups -OCH3 is 1. The number of carbonyl (C=O) groups excluding carboxylic acids is 1. The highest BCUT2D eigenvalue weighted by Crippen LogP contribution is 2.31. The summed E-state index contributed by atoms with van der Waals surface area (Å²) in [6.45, 7) is -0.0162. The number of alkyl halides is 3. The summed E-state index contributed by atoms with van der Waals surface area (Å²) >= 11 is 0. The van der Waals surface area contributed by atoms with E-state index in [2.05, 4.69) is 4.98 Å². The minimum atomic E-state index is -4.94. The van der Waals surface area contributed by atoms with Crippen molar-refractivity contribution in [2.75, 3.05) is 18.6 Å². The van der Waals surface area contributed by atoms with Gasteiger partial charge in [0.15, 0.2) is 0 Å². The summed E-state index contributed by atoms with van der Waals surface area (Å²) in [4.78, 5) is 19.2. The van der Waals surface area contributed by atoms with E-state index >= 15 is 4.39 Å². The second-order valence-corrected chi connectivity index (χ2v) is 8.98. The molecule has 0 atom stereocenters. The molecule has 11 heteroatoms. The van der Waals surface area contributed by atoms with Crippen LogP contribution in [0.3, 0.4) is 0 Å². The van der Waals surface area contributed by atoms with Gasteiger partial charge in [-0.3, -0.25) is 20.1 Å². The molecule has 0 unspecified atom stereocenters. The van der Waals surface area contributed by atoms with Crippen molar-refractivity contribution in [2.24, 2.45) is 0 Å². The van der Waals surface area contributed by atoms with Gasteiger partial charge in [0.2, 0.25) is 5.70 Å². The van der Waals surface area contributed by atoms with Gasteiger partial charge in [0.25, 0.3) is 0 Å². The van der Waals surface area contributed by atoms with E-state index in [1.165, 1.54) is 24.6 Å². The molecule has 1 amide bonds. The summed E-state index contributed by atoms with van der Waals surface area (Å²) in [6, 6.07) is 18.1. The summed E-state index contributed by atoms with van der Waals surface area (Å²) in [7, 11) is 1.48. The Balaban J connectivity index is 1.53. The number of nitrogens with zero attached hydrogens (tertiary/aromatic N) is 3. The molecule has 200 valence electrons. The third-order valence-corrected chi connectivity index (χ3v) is 6.58. The molecule has 3 N–H and O–H groups in total. The molecule has 1 aliphatic rings. The van der Waals surface area contributed by atoms with Crippen molar-refractivity contribution < 1.29 is 32.4 Å². The molecule has 1 aliphatic heterocycles. The van der Waals surface area contributed by atoms with E-state index in [1.807, 2.05) is 24.3 Å². The number of fused-ring (bicyclic) bond motifs is 1. The first kappa shape index (κ1) is 26.1. The van der Waals surface area contributed by atoms with Crippen molar-refractivity contribution in [3.63, 3.8) is 0 Å². The van der Waals surface area contributed by atoms with Crippen LogP contribution in [0.2, 0.25) is 0 Å². The maximum Gasteiger partial charge on any atom is 0.433 e. The number of hydrogen-bond acceptors (Lipinski definition) is 4. The Morgan fingerprint density at radius 3 is 2.51 bits per heavy atom. The molecule has 2 heterocycles. The molecule has 5 rings (SSSR count). The van der Waals surface area contributed by atoms with Crippen molar-refractivity contribution in [3.05, 3.63) is 90.1 Å². The number of imidazole rings is 1. The zero-order valence-electron chi connectivity index (χ0n) is 20.8. The minimum absolute atomic E-state index is 0.0162. The quantitative estimate of drug-likeness (QED) is 0.205. The lowest BCUT2D eigenvalue weighted by molar-refractivity contribution is -0.512. The molecule has 4 aromatic rings. The number of nitrogens with two attached hydrogens (primary N) is 1. The Hall–Kier alpha value is -4.51. The predicted octanol–water partition coefficient (Wildman–Crippen LogP) is 5.03. The number of quaternary nitrogens is 1. The fraction of sp³-hybridized carbons (Fsp3) is 0.179. The molecule has 7 nitrogen and oxygen atoms in total. The van der Waals surface area contributed by atoms with Gasteiger partial charge < -0.3 is 9.64 Å². The summed E-state index contributed by atoms with van der Waals surface area (Å²) in [5.41, 5.74) is 0.0487. The molecule has 3 aromatic carbocycles. The topological polar surface area (TPSA) is 87.8 Å². The monoisotopic (exact) mass is 538 g/mol. The normalized spacial score (nSPS) is 14.6. The third kappa shape index (κ3) is 5.13. The number of benzene rings is 3. The van der Waals surface area contributed by atoms with Crippen molar-refractivity contribution in [1.82, 2.24) is 9.55 Å². The zero-order chi connectivity index (χ0) is 27.7. The Kier molecular flexibility index (Phi) is 6.92. The van der Waals surface area contributed by atoms with Crippen LogP contribution in [-0.4, -0.2) is 41.0 Å². The molecule has 0 spiro atoms. The Bertz CT molecular complexity index is 1590. The number of hydrogen-bond donors (Lipinski definition) is 2. The molecular weight excluding hydrogens is 514 g/mol. The fourth-order valence-electron chi connectivity index (χ4n) is 4.63. The van der Waals surface area contributed by atoms with Crippen molar-refractivity contribution >= 4 is 34.0 Å². The van der Waals surface area contributed by atoms with Crippen LogP contribution in [0.5, 0.6) is 5.75 Å². The molecule has 39 heavy (non-hydrogen) atoms. The van der Waals surface area contributed by atoms with Crippen molar-refractivity contribution in [3.8, 4) is 11.4 Å². The first-order valence-corrected chi connectivity index (χ1v) is 12.1. The average Bonchev–Trinajstić information content (AvgIpc) is 3.29. The second-order valence-electron chi connectivity index (χ2n) is 8.98. The van der Waals surface area contributed by atoms with Gasteiger partial charge in [0.1, 0.15) is 29.3 Å². The van der Waals surface area contributed by atoms with Gasteiger partial charge in [-0.2, -0.15) is 13.2 Å². The van der Waals surface area contributed by atoms with Gasteiger partial charge in [-0.1, -0.05) is 12.1 Å². The Morgan fingerprint density at radius 2 is 1.82 bits per heavy atom. The highest BCUT2D eigenvalue weighted by molar-refractivity contribution is 6.12. The number of carbonyl (C=O) groups is 1. The van der Waals surface area contributed by atoms with E-state index in [0.29, 0.717) is 17.1 Å². The average molecular weight is 539 g/mol. The van der Waals surface area contributed by atoms with Gasteiger partial charge >= 0.3 is 12.1 Å². The van der Waals surface area contributed by atoms with E-state index in [4.69, 9.17) is 10.1 Å². The van der Waals surface area contributed by atoms with Crippen LogP contribution in [0, 0.1) is 11.2 Å². The highest BCUT2D eigenvalue weighted by atomic mass is 19.4. The van der Waals surface area contributed by atoms with Crippen LogP contribution in [0.25, 0.3) is 16.7 Å². The van der Waals surface area contributed by atoms with E-state index < -0.39 is 29.2 Å². The number of ether oxygens (including phenoxy) is 1. The zero-order valence-corrected chi connectivity index (χ0v) is 20.8. The van der Waals surface area contributed by atoms with E-state index in [-0.39, 0.29) is 30.8 Å². The van der Waals surface area contributed by atoms with E-state index in [9.17, 15) is 18.0 Å². The van der Waals surface area contributed by atoms with Crippen molar-refractivity contribution in [1.29, 1.82) is 5.41 Å². The Morgan fingerprint density at radius 1 is 1.08 bits per heavy atom.